The monoisotopic (exact) mass is 350 g/mol. The Labute approximate surface area is 154 Å². The molecule has 0 amide bonds. The molecule has 5 heteroatoms. The fourth-order valence-electron chi connectivity index (χ4n) is 4.23. The lowest BCUT2D eigenvalue weighted by Crippen LogP contribution is -2.34. The average molecular weight is 350 g/mol. The molecule has 1 fully saturated rings. The summed E-state index contributed by atoms with van der Waals surface area (Å²) in [6, 6.07) is 12.9. The third-order valence-electron chi connectivity index (χ3n) is 5.75. The van der Waals surface area contributed by atoms with E-state index >= 15 is 0 Å². The first-order chi connectivity index (χ1) is 12.5. The van der Waals surface area contributed by atoms with Crippen LogP contribution in [0.5, 0.6) is 0 Å². The van der Waals surface area contributed by atoms with Crippen molar-refractivity contribution >= 4 is 0 Å². The summed E-state index contributed by atoms with van der Waals surface area (Å²) < 4.78 is 7.93. The zero-order chi connectivity index (χ0) is 18.3. The molecule has 1 atom stereocenters. The predicted octanol–water partition coefficient (Wildman–Crippen LogP) is 4.49. The Morgan fingerprint density at radius 2 is 1.85 bits per heavy atom. The van der Waals surface area contributed by atoms with E-state index in [0.717, 1.165) is 36.9 Å². The quantitative estimate of drug-likeness (QED) is 0.752. The van der Waals surface area contributed by atoms with Gasteiger partial charge in [0.1, 0.15) is 0 Å². The Bertz CT molecular complexity index is 903. The third kappa shape index (κ3) is 2.76. The molecule has 1 saturated carbocycles. The van der Waals surface area contributed by atoms with Gasteiger partial charge in [0.15, 0.2) is 5.82 Å². The Morgan fingerprint density at radius 1 is 1.15 bits per heavy atom. The molecule has 5 nitrogen and oxygen atoms in total. The number of aromatic nitrogens is 3. The van der Waals surface area contributed by atoms with E-state index in [-0.39, 0.29) is 6.04 Å². The summed E-state index contributed by atoms with van der Waals surface area (Å²) >= 11 is 0. The van der Waals surface area contributed by atoms with Crippen molar-refractivity contribution in [2.75, 3.05) is 0 Å². The van der Waals surface area contributed by atoms with Gasteiger partial charge in [0.05, 0.1) is 17.1 Å². The van der Waals surface area contributed by atoms with Gasteiger partial charge in [0, 0.05) is 11.4 Å². The zero-order valence-electron chi connectivity index (χ0n) is 15.7. The van der Waals surface area contributed by atoms with Gasteiger partial charge in [-0.2, -0.15) is 4.98 Å². The molecule has 4 rings (SSSR count). The first kappa shape index (κ1) is 17.0. The molecule has 0 radical (unpaired) electrons. The minimum absolute atomic E-state index is 0.239. The molecular formula is C21H26N4O. The molecule has 2 N–H and O–H groups in total. The van der Waals surface area contributed by atoms with Crippen LogP contribution in [0.25, 0.3) is 11.5 Å². The molecule has 26 heavy (non-hydrogen) atoms. The number of rotatable bonds is 4. The van der Waals surface area contributed by atoms with Gasteiger partial charge in [-0.25, -0.2) is 0 Å². The van der Waals surface area contributed by atoms with Crippen molar-refractivity contribution in [3.63, 3.8) is 0 Å². The lowest BCUT2D eigenvalue weighted by atomic mass is 9.99. The number of hydrogen-bond acceptors (Lipinski definition) is 4. The fraction of sp³-hybridized carbons (Fsp3) is 0.429. The third-order valence-corrected chi connectivity index (χ3v) is 5.75. The van der Waals surface area contributed by atoms with Crippen molar-refractivity contribution in [1.82, 2.24) is 14.7 Å². The van der Waals surface area contributed by atoms with Crippen molar-refractivity contribution < 1.29 is 4.52 Å². The van der Waals surface area contributed by atoms with Crippen molar-refractivity contribution in [3.05, 3.63) is 59.2 Å². The summed E-state index contributed by atoms with van der Waals surface area (Å²) in [6.45, 7) is 6.44. The van der Waals surface area contributed by atoms with Crippen LogP contribution in [-0.2, 0) is 5.54 Å². The van der Waals surface area contributed by atoms with E-state index < -0.39 is 5.54 Å². The number of benzene rings is 1. The smallest absolute Gasteiger partial charge is 0.259 e. The van der Waals surface area contributed by atoms with Crippen molar-refractivity contribution in [1.29, 1.82) is 0 Å². The molecule has 0 bridgehead atoms. The van der Waals surface area contributed by atoms with Crippen molar-refractivity contribution in [3.8, 4) is 11.5 Å². The second-order valence-corrected chi connectivity index (χ2v) is 7.53. The van der Waals surface area contributed by atoms with Crippen LogP contribution in [0.1, 0.15) is 61.4 Å². The van der Waals surface area contributed by atoms with E-state index in [9.17, 15) is 0 Å². The van der Waals surface area contributed by atoms with Gasteiger partial charge < -0.3 is 14.8 Å². The first-order valence-corrected chi connectivity index (χ1v) is 9.36. The summed E-state index contributed by atoms with van der Waals surface area (Å²) in [5.74, 6) is 1.21. The van der Waals surface area contributed by atoms with Crippen LogP contribution in [0.2, 0.25) is 0 Å². The van der Waals surface area contributed by atoms with Gasteiger partial charge in [-0.05, 0) is 45.2 Å². The summed E-state index contributed by atoms with van der Waals surface area (Å²) in [7, 11) is 0. The summed E-state index contributed by atoms with van der Waals surface area (Å²) in [5, 5.41) is 4.21. The normalized spacial score (nSPS) is 17.5. The van der Waals surface area contributed by atoms with Crippen LogP contribution < -0.4 is 5.73 Å². The van der Waals surface area contributed by atoms with Gasteiger partial charge >= 0.3 is 0 Å². The summed E-state index contributed by atoms with van der Waals surface area (Å²) in [5.41, 5.74) is 10.6. The predicted molar refractivity (Wildman–Crippen MR) is 102 cm³/mol. The van der Waals surface area contributed by atoms with Crippen LogP contribution in [0.3, 0.4) is 0 Å². The zero-order valence-corrected chi connectivity index (χ0v) is 15.7. The molecule has 1 aliphatic rings. The van der Waals surface area contributed by atoms with Crippen LogP contribution in [0.15, 0.2) is 40.9 Å². The maximum atomic E-state index is 6.48. The lowest BCUT2D eigenvalue weighted by Gasteiger charge is -2.19. The number of hydrogen-bond donors (Lipinski definition) is 1. The Kier molecular flexibility index (Phi) is 4.19. The van der Waals surface area contributed by atoms with Gasteiger partial charge in [-0.15, -0.1) is 0 Å². The van der Waals surface area contributed by atoms with E-state index in [2.05, 4.69) is 65.8 Å². The van der Waals surface area contributed by atoms with E-state index in [0.29, 0.717) is 11.7 Å². The van der Waals surface area contributed by atoms with E-state index in [1.807, 2.05) is 6.07 Å². The van der Waals surface area contributed by atoms with E-state index in [4.69, 9.17) is 10.3 Å². The largest absolute Gasteiger partial charge is 0.341 e. The maximum Gasteiger partial charge on any atom is 0.259 e. The first-order valence-electron chi connectivity index (χ1n) is 9.36. The Morgan fingerprint density at radius 3 is 2.54 bits per heavy atom. The van der Waals surface area contributed by atoms with Gasteiger partial charge in [0.25, 0.3) is 5.89 Å². The van der Waals surface area contributed by atoms with Gasteiger partial charge in [-0.1, -0.05) is 48.3 Å². The second-order valence-electron chi connectivity index (χ2n) is 7.53. The topological polar surface area (TPSA) is 69.9 Å². The molecule has 0 aliphatic heterocycles. The fourth-order valence-corrected chi connectivity index (χ4v) is 4.23. The minimum Gasteiger partial charge on any atom is -0.341 e. The van der Waals surface area contributed by atoms with Crippen LogP contribution in [0.4, 0.5) is 0 Å². The van der Waals surface area contributed by atoms with Crippen LogP contribution in [0, 0.1) is 13.8 Å². The van der Waals surface area contributed by atoms with Crippen LogP contribution >= 0.6 is 0 Å². The highest BCUT2D eigenvalue weighted by Gasteiger charge is 2.36. The minimum atomic E-state index is -0.426. The van der Waals surface area contributed by atoms with Gasteiger partial charge in [-0.3, -0.25) is 0 Å². The van der Waals surface area contributed by atoms with E-state index in [1.165, 1.54) is 11.3 Å². The maximum absolute atomic E-state index is 6.48. The standard InChI is InChI=1S/C21H26N4O/c1-14-13-18(16(3)25(14)15(2)17-9-5-4-6-10-17)19-23-20(24-26-19)21(22)11-7-8-12-21/h4-6,9-10,13,15H,7-8,11-12,22H2,1-3H3. The highest BCUT2D eigenvalue weighted by Crippen LogP contribution is 2.36. The van der Waals surface area contributed by atoms with Crippen molar-refractivity contribution in [2.45, 2.75) is 58.0 Å². The Hall–Kier alpha value is -2.40. The SMILES string of the molecule is Cc1cc(-c2nc(C3(N)CCCC3)no2)c(C)n1C(C)c1ccccc1. The van der Waals surface area contributed by atoms with Crippen molar-refractivity contribution in [2.24, 2.45) is 5.73 Å². The molecular weight excluding hydrogens is 324 g/mol. The van der Waals surface area contributed by atoms with Crippen LogP contribution in [-0.4, -0.2) is 14.7 Å². The lowest BCUT2D eigenvalue weighted by molar-refractivity contribution is 0.372. The van der Waals surface area contributed by atoms with E-state index in [1.54, 1.807) is 0 Å². The number of aryl methyl sites for hydroxylation is 1. The molecule has 0 spiro atoms. The molecule has 1 aromatic carbocycles. The van der Waals surface area contributed by atoms with Gasteiger partial charge in [0.2, 0.25) is 0 Å². The molecule has 1 aliphatic carbocycles. The molecule has 1 unspecified atom stereocenters. The Balaban J connectivity index is 1.70. The number of nitrogens with zero attached hydrogens (tertiary/aromatic N) is 3. The highest BCUT2D eigenvalue weighted by molar-refractivity contribution is 5.59. The molecule has 136 valence electrons. The molecule has 0 saturated heterocycles. The molecule has 3 aromatic rings. The molecule has 2 heterocycles. The second kappa shape index (κ2) is 6.40. The summed E-state index contributed by atoms with van der Waals surface area (Å²) in [6.07, 6.45) is 4.11. The number of nitrogens with two attached hydrogens (primary N) is 1. The average Bonchev–Trinajstić information content (AvgIpc) is 3.35. The summed E-state index contributed by atoms with van der Waals surface area (Å²) in [4.78, 5) is 4.67. The highest BCUT2D eigenvalue weighted by atomic mass is 16.5. The molecule has 2 aromatic heterocycles.